The first-order valence-corrected chi connectivity index (χ1v) is 10.7. The van der Waals surface area contributed by atoms with Gasteiger partial charge in [0.2, 0.25) is 11.8 Å². The van der Waals surface area contributed by atoms with Gasteiger partial charge in [-0.1, -0.05) is 28.1 Å². The minimum absolute atomic E-state index is 0.0719. The number of anilines is 2. The topological polar surface area (TPSA) is 69.7 Å². The lowest BCUT2D eigenvalue weighted by Gasteiger charge is -2.18. The van der Waals surface area contributed by atoms with Crippen molar-refractivity contribution in [2.45, 2.75) is 18.2 Å². The van der Waals surface area contributed by atoms with E-state index in [1.807, 2.05) is 31.2 Å². The molecule has 0 aromatic heterocycles. The van der Waals surface area contributed by atoms with Crippen molar-refractivity contribution < 1.29 is 14.4 Å². The summed E-state index contributed by atoms with van der Waals surface area (Å²) in [5.41, 5.74) is 2.39. The van der Waals surface area contributed by atoms with Gasteiger partial charge in [-0.15, -0.1) is 0 Å². The molecule has 0 aliphatic carbocycles. The predicted molar refractivity (Wildman–Crippen MR) is 119 cm³/mol. The zero-order valence-electron chi connectivity index (χ0n) is 16.4. The van der Waals surface area contributed by atoms with Crippen LogP contribution in [-0.4, -0.2) is 42.6 Å². The van der Waals surface area contributed by atoms with Gasteiger partial charge < -0.3 is 15.1 Å². The van der Waals surface area contributed by atoms with Crippen molar-refractivity contribution in [3.8, 4) is 0 Å². The Bertz CT molecular complexity index is 964. The van der Waals surface area contributed by atoms with E-state index in [1.54, 1.807) is 37.2 Å². The monoisotopic (exact) mass is 475 g/mol. The minimum atomic E-state index is -0.450. The highest BCUT2D eigenvalue weighted by atomic mass is 79.9. The molecule has 152 valence electrons. The van der Waals surface area contributed by atoms with Crippen molar-refractivity contribution in [2.24, 2.45) is 5.92 Å². The van der Waals surface area contributed by atoms with Crippen molar-refractivity contribution in [1.82, 2.24) is 4.90 Å². The second kappa shape index (κ2) is 9.00. The van der Waals surface area contributed by atoms with E-state index in [2.05, 4.69) is 21.2 Å². The lowest BCUT2D eigenvalue weighted by molar-refractivity contribution is -0.122. The van der Waals surface area contributed by atoms with Gasteiger partial charge in [0.1, 0.15) is 0 Å². The largest absolute Gasteiger partial charge is 0.339 e. The predicted octanol–water partition coefficient (Wildman–Crippen LogP) is 4.52. The summed E-state index contributed by atoms with van der Waals surface area (Å²) in [6.07, 6.45) is 0.160. The molecule has 3 rings (SSSR count). The van der Waals surface area contributed by atoms with Crippen LogP contribution in [0.15, 0.2) is 51.8 Å². The van der Waals surface area contributed by atoms with E-state index >= 15 is 0 Å². The van der Waals surface area contributed by atoms with Crippen LogP contribution < -0.4 is 10.2 Å². The molecule has 0 spiro atoms. The van der Waals surface area contributed by atoms with Crippen LogP contribution in [0.5, 0.6) is 0 Å². The maximum absolute atomic E-state index is 12.8. The number of benzene rings is 2. The van der Waals surface area contributed by atoms with Crippen molar-refractivity contribution >= 4 is 56.1 Å². The van der Waals surface area contributed by atoms with E-state index in [0.29, 0.717) is 17.1 Å². The molecule has 3 amide bonds. The third-order valence-electron chi connectivity index (χ3n) is 4.66. The van der Waals surface area contributed by atoms with Gasteiger partial charge in [-0.2, -0.15) is 0 Å². The summed E-state index contributed by atoms with van der Waals surface area (Å²) in [6, 6.07) is 12.9. The quantitative estimate of drug-likeness (QED) is 0.659. The lowest BCUT2D eigenvalue weighted by atomic mass is 10.1. The van der Waals surface area contributed by atoms with E-state index in [1.165, 1.54) is 4.90 Å². The number of amides is 3. The average molecular weight is 476 g/mol. The van der Waals surface area contributed by atoms with Gasteiger partial charge in [-0.05, 0) is 54.6 Å². The van der Waals surface area contributed by atoms with E-state index in [9.17, 15) is 14.4 Å². The van der Waals surface area contributed by atoms with Crippen LogP contribution in [0.4, 0.5) is 16.2 Å². The Morgan fingerprint density at radius 3 is 2.62 bits per heavy atom. The van der Waals surface area contributed by atoms with Crippen LogP contribution in [0.2, 0.25) is 0 Å². The molecule has 6 nitrogen and oxygen atoms in total. The molecule has 1 unspecified atom stereocenters. The number of aryl methyl sites for hydroxylation is 1. The average Bonchev–Trinajstić information content (AvgIpc) is 3.07. The summed E-state index contributed by atoms with van der Waals surface area (Å²) in [5, 5.41) is 2.77. The van der Waals surface area contributed by atoms with Crippen LogP contribution in [0.3, 0.4) is 0 Å². The summed E-state index contributed by atoms with van der Waals surface area (Å²) in [6.45, 7) is 2.29. The molecule has 1 aliphatic heterocycles. The first-order valence-electron chi connectivity index (χ1n) is 9.12. The van der Waals surface area contributed by atoms with E-state index in [-0.39, 0.29) is 23.5 Å². The molecule has 2 aromatic rings. The number of carbonyl (C=O) groups is 3. The van der Waals surface area contributed by atoms with Crippen molar-refractivity contribution in [3.63, 3.8) is 0 Å². The summed E-state index contributed by atoms with van der Waals surface area (Å²) in [4.78, 5) is 41.2. The first-order chi connectivity index (χ1) is 13.8. The summed E-state index contributed by atoms with van der Waals surface area (Å²) in [7, 11) is 3.36. The summed E-state index contributed by atoms with van der Waals surface area (Å²) >= 11 is 4.52. The van der Waals surface area contributed by atoms with Crippen LogP contribution in [-0.2, 0) is 9.59 Å². The third-order valence-corrected chi connectivity index (χ3v) is 6.66. The Labute approximate surface area is 182 Å². The van der Waals surface area contributed by atoms with Crippen LogP contribution in [0, 0.1) is 12.8 Å². The number of hydrogen-bond acceptors (Lipinski definition) is 4. The normalized spacial score (nSPS) is 16.1. The lowest BCUT2D eigenvalue weighted by Crippen LogP contribution is -2.28. The molecule has 8 heteroatoms. The van der Waals surface area contributed by atoms with Gasteiger partial charge in [0.05, 0.1) is 11.6 Å². The van der Waals surface area contributed by atoms with Gasteiger partial charge in [-0.3, -0.25) is 14.4 Å². The Kier molecular flexibility index (Phi) is 6.64. The molecule has 0 bridgehead atoms. The molecular formula is C21H22BrN3O3S. The summed E-state index contributed by atoms with van der Waals surface area (Å²) < 4.78 is 0.976. The molecule has 1 saturated heterocycles. The molecule has 29 heavy (non-hydrogen) atoms. The third kappa shape index (κ3) is 5.00. The van der Waals surface area contributed by atoms with Gasteiger partial charge in [0.15, 0.2) is 0 Å². The van der Waals surface area contributed by atoms with Gasteiger partial charge in [0, 0.05) is 42.1 Å². The fourth-order valence-electron chi connectivity index (χ4n) is 3.01. The SMILES string of the molecule is Cc1cc(N2CC(C(=O)Nc3ccccc3SC(=O)N(C)C)CC2=O)ccc1Br. The molecule has 1 N–H and O–H groups in total. The van der Waals surface area contributed by atoms with Gasteiger partial charge in [-0.25, -0.2) is 0 Å². The Morgan fingerprint density at radius 2 is 1.93 bits per heavy atom. The highest BCUT2D eigenvalue weighted by Gasteiger charge is 2.35. The zero-order chi connectivity index (χ0) is 21.1. The first kappa shape index (κ1) is 21.4. The van der Waals surface area contributed by atoms with E-state index in [0.717, 1.165) is 27.5 Å². The molecule has 0 saturated carbocycles. The molecule has 1 heterocycles. The highest BCUT2D eigenvalue weighted by Crippen LogP contribution is 2.31. The highest BCUT2D eigenvalue weighted by molar-refractivity contribution is 9.10. The number of para-hydroxylation sites is 1. The summed E-state index contributed by atoms with van der Waals surface area (Å²) in [5.74, 6) is -0.744. The Hall–Kier alpha value is -2.32. The van der Waals surface area contributed by atoms with Crippen LogP contribution in [0.1, 0.15) is 12.0 Å². The van der Waals surface area contributed by atoms with Crippen molar-refractivity contribution in [1.29, 1.82) is 0 Å². The Morgan fingerprint density at radius 1 is 1.21 bits per heavy atom. The van der Waals surface area contributed by atoms with Crippen LogP contribution >= 0.6 is 27.7 Å². The van der Waals surface area contributed by atoms with E-state index < -0.39 is 5.92 Å². The molecule has 1 aliphatic rings. The molecule has 1 atom stereocenters. The number of rotatable bonds is 4. The number of thioether (sulfide) groups is 1. The van der Waals surface area contributed by atoms with Crippen molar-refractivity contribution in [2.75, 3.05) is 30.9 Å². The number of hydrogen-bond donors (Lipinski definition) is 1. The molecule has 1 fully saturated rings. The number of carbonyl (C=O) groups excluding carboxylic acids is 3. The fourth-order valence-corrected chi connectivity index (χ4v) is 4.00. The number of nitrogens with zero attached hydrogens (tertiary/aromatic N) is 2. The van der Waals surface area contributed by atoms with Gasteiger partial charge >= 0.3 is 0 Å². The maximum Gasteiger partial charge on any atom is 0.286 e. The number of nitrogens with one attached hydrogen (secondary N) is 1. The molecular weight excluding hydrogens is 454 g/mol. The maximum atomic E-state index is 12.8. The van der Waals surface area contributed by atoms with Crippen LogP contribution in [0.25, 0.3) is 0 Å². The zero-order valence-corrected chi connectivity index (χ0v) is 18.8. The Balaban J connectivity index is 1.71. The molecule has 2 aromatic carbocycles. The van der Waals surface area contributed by atoms with Crippen molar-refractivity contribution in [3.05, 3.63) is 52.5 Å². The minimum Gasteiger partial charge on any atom is -0.339 e. The second-order valence-electron chi connectivity index (χ2n) is 7.09. The number of halogens is 1. The molecule has 0 radical (unpaired) electrons. The van der Waals surface area contributed by atoms with E-state index in [4.69, 9.17) is 0 Å². The second-order valence-corrected chi connectivity index (χ2v) is 8.93. The standard InChI is InChI=1S/C21H22BrN3O3S/c1-13-10-15(8-9-16(13)22)25-12-14(11-19(25)26)20(27)23-17-6-4-5-7-18(17)29-21(28)24(2)3/h4-10,14H,11-12H2,1-3H3,(H,23,27). The smallest absolute Gasteiger partial charge is 0.286 e. The van der Waals surface area contributed by atoms with Gasteiger partial charge in [0.25, 0.3) is 5.24 Å². The fraction of sp³-hybridized carbons (Fsp3) is 0.286.